The molecule has 0 bridgehead atoms. The zero-order valence-electron chi connectivity index (χ0n) is 6.23. The van der Waals surface area contributed by atoms with Crippen LogP contribution in [0.5, 0.6) is 0 Å². The maximum absolute atomic E-state index is 13.0. The van der Waals surface area contributed by atoms with Crippen molar-refractivity contribution in [1.29, 1.82) is 0 Å². The summed E-state index contributed by atoms with van der Waals surface area (Å²) in [6.45, 7) is -0.739. The maximum atomic E-state index is 13.0. The van der Waals surface area contributed by atoms with Crippen molar-refractivity contribution in [2.24, 2.45) is 5.73 Å². The van der Waals surface area contributed by atoms with E-state index >= 15 is 0 Å². The van der Waals surface area contributed by atoms with E-state index in [2.05, 4.69) is 0 Å². The van der Waals surface area contributed by atoms with Crippen LogP contribution >= 0.6 is 22.6 Å². The van der Waals surface area contributed by atoms with Gasteiger partial charge in [0.1, 0.15) is 12.5 Å². The van der Waals surface area contributed by atoms with Crippen LogP contribution in [0.25, 0.3) is 0 Å². The first-order valence-electron chi connectivity index (χ1n) is 3.41. The average Bonchev–Trinajstić information content (AvgIpc) is 2.08. The predicted octanol–water partition coefficient (Wildman–Crippen LogP) is 2.40. The number of alkyl halides is 1. The Morgan fingerprint density at radius 1 is 1.50 bits per heavy atom. The second kappa shape index (κ2) is 4.13. The molecule has 66 valence electrons. The summed E-state index contributed by atoms with van der Waals surface area (Å²) >= 11 is 2.03. The van der Waals surface area contributed by atoms with Crippen LogP contribution in [0.1, 0.15) is 11.6 Å². The Hall–Kier alpha value is -0.230. The minimum Gasteiger partial charge on any atom is -0.322 e. The molecule has 0 heterocycles. The predicted molar refractivity (Wildman–Crippen MR) is 52.0 cm³/mol. The summed E-state index contributed by atoms with van der Waals surface area (Å²) in [6, 6.07) is 3.62. The van der Waals surface area contributed by atoms with Gasteiger partial charge >= 0.3 is 0 Å². The lowest BCUT2D eigenvalue weighted by Gasteiger charge is -2.08. The summed E-state index contributed by atoms with van der Waals surface area (Å²) in [5.41, 5.74) is 5.59. The van der Waals surface area contributed by atoms with Crippen LogP contribution in [0.4, 0.5) is 8.78 Å². The Balaban J connectivity index is 3.04. The van der Waals surface area contributed by atoms with Crippen molar-refractivity contribution in [1.82, 2.24) is 0 Å². The molecule has 4 heteroatoms. The van der Waals surface area contributed by atoms with Crippen LogP contribution in [-0.2, 0) is 0 Å². The number of nitrogens with two attached hydrogens (primary N) is 1. The molecule has 0 saturated heterocycles. The van der Waals surface area contributed by atoms with Crippen LogP contribution in [0.15, 0.2) is 18.2 Å². The van der Waals surface area contributed by atoms with Crippen molar-refractivity contribution in [2.45, 2.75) is 6.04 Å². The number of benzene rings is 1. The van der Waals surface area contributed by atoms with Crippen molar-refractivity contribution in [3.8, 4) is 0 Å². The largest absolute Gasteiger partial charge is 0.322 e. The zero-order chi connectivity index (χ0) is 9.14. The van der Waals surface area contributed by atoms with E-state index in [9.17, 15) is 8.78 Å². The van der Waals surface area contributed by atoms with E-state index in [1.807, 2.05) is 22.6 Å². The van der Waals surface area contributed by atoms with Crippen molar-refractivity contribution < 1.29 is 8.78 Å². The highest BCUT2D eigenvalue weighted by Gasteiger charge is 2.10. The SMILES string of the molecule is N[C@H](CF)c1cc(I)ccc1F. The quantitative estimate of drug-likeness (QED) is 0.829. The van der Waals surface area contributed by atoms with Crippen molar-refractivity contribution >= 4 is 22.6 Å². The Kier molecular flexibility index (Phi) is 3.39. The molecule has 0 aliphatic carbocycles. The van der Waals surface area contributed by atoms with Gasteiger partial charge in [-0.05, 0) is 40.8 Å². The smallest absolute Gasteiger partial charge is 0.128 e. The van der Waals surface area contributed by atoms with E-state index in [1.54, 1.807) is 12.1 Å². The van der Waals surface area contributed by atoms with Gasteiger partial charge in [-0.3, -0.25) is 0 Å². The van der Waals surface area contributed by atoms with E-state index < -0.39 is 18.5 Å². The van der Waals surface area contributed by atoms with E-state index in [4.69, 9.17) is 5.73 Å². The van der Waals surface area contributed by atoms with Crippen LogP contribution in [0, 0.1) is 9.39 Å². The number of hydrogen-bond donors (Lipinski definition) is 1. The van der Waals surface area contributed by atoms with Gasteiger partial charge in [0.25, 0.3) is 0 Å². The normalized spacial score (nSPS) is 13.0. The summed E-state index contributed by atoms with van der Waals surface area (Å²) in [4.78, 5) is 0. The highest BCUT2D eigenvalue weighted by Crippen LogP contribution is 2.18. The van der Waals surface area contributed by atoms with Crippen LogP contribution in [0.3, 0.4) is 0 Å². The minimum absolute atomic E-state index is 0.240. The van der Waals surface area contributed by atoms with Gasteiger partial charge in [-0.25, -0.2) is 8.78 Å². The maximum Gasteiger partial charge on any atom is 0.128 e. The summed E-state index contributed by atoms with van der Waals surface area (Å²) in [7, 11) is 0. The van der Waals surface area contributed by atoms with Crippen LogP contribution in [-0.4, -0.2) is 6.67 Å². The van der Waals surface area contributed by atoms with Gasteiger partial charge < -0.3 is 5.73 Å². The van der Waals surface area contributed by atoms with Crippen molar-refractivity contribution in [2.75, 3.05) is 6.67 Å². The Morgan fingerprint density at radius 3 is 2.75 bits per heavy atom. The summed E-state index contributed by atoms with van der Waals surface area (Å²) in [6.07, 6.45) is 0. The molecular formula is C8H8F2IN. The molecule has 1 aromatic carbocycles. The minimum atomic E-state index is -0.847. The molecule has 0 aliphatic rings. The number of halogens is 3. The summed E-state index contributed by atoms with van der Waals surface area (Å²) < 4.78 is 25.9. The third-order valence-electron chi connectivity index (χ3n) is 1.52. The molecule has 1 aromatic rings. The van der Waals surface area contributed by atoms with Gasteiger partial charge in [-0.2, -0.15) is 0 Å². The average molecular weight is 283 g/mol. The van der Waals surface area contributed by atoms with Gasteiger partial charge in [-0.1, -0.05) is 0 Å². The van der Waals surface area contributed by atoms with E-state index in [1.165, 1.54) is 6.07 Å². The number of rotatable bonds is 2. The van der Waals surface area contributed by atoms with Gasteiger partial charge in [0.05, 0.1) is 6.04 Å². The topological polar surface area (TPSA) is 26.0 Å². The lowest BCUT2D eigenvalue weighted by atomic mass is 10.1. The van der Waals surface area contributed by atoms with Gasteiger partial charge in [0, 0.05) is 9.13 Å². The molecule has 0 fully saturated rings. The molecule has 0 radical (unpaired) electrons. The van der Waals surface area contributed by atoms with Crippen LogP contribution in [0.2, 0.25) is 0 Å². The highest BCUT2D eigenvalue weighted by molar-refractivity contribution is 14.1. The van der Waals surface area contributed by atoms with Gasteiger partial charge in [0.15, 0.2) is 0 Å². The number of hydrogen-bond acceptors (Lipinski definition) is 1. The standard InChI is InChI=1S/C8H8F2IN/c9-4-8(12)6-3-5(11)1-2-7(6)10/h1-3,8H,4,12H2/t8-/m1/s1. The fraction of sp³-hybridized carbons (Fsp3) is 0.250. The molecular weight excluding hydrogens is 275 g/mol. The summed E-state index contributed by atoms with van der Waals surface area (Å²) in [5.74, 6) is -0.444. The first-order chi connectivity index (χ1) is 5.65. The summed E-state index contributed by atoms with van der Waals surface area (Å²) in [5, 5.41) is 0. The molecule has 1 atom stereocenters. The van der Waals surface area contributed by atoms with Crippen LogP contribution < -0.4 is 5.73 Å². The van der Waals surface area contributed by atoms with Crippen molar-refractivity contribution in [3.05, 3.63) is 33.1 Å². The molecule has 2 N–H and O–H groups in total. The lowest BCUT2D eigenvalue weighted by molar-refractivity contribution is 0.426. The second-order valence-corrected chi connectivity index (χ2v) is 3.67. The third-order valence-corrected chi connectivity index (χ3v) is 2.19. The fourth-order valence-electron chi connectivity index (χ4n) is 0.882. The molecule has 0 amide bonds. The molecule has 0 saturated carbocycles. The second-order valence-electron chi connectivity index (χ2n) is 2.43. The van der Waals surface area contributed by atoms with Gasteiger partial charge in [-0.15, -0.1) is 0 Å². The third kappa shape index (κ3) is 2.13. The van der Waals surface area contributed by atoms with Crippen molar-refractivity contribution in [3.63, 3.8) is 0 Å². The first-order valence-corrected chi connectivity index (χ1v) is 4.49. The molecule has 0 aromatic heterocycles. The molecule has 12 heavy (non-hydrogen) atoms. The Bertz CT molecular complexity index is 278. The fourth-order valence-corrected chi connectivity index (χ4v) is 1.40. The molecule has 1 rings (SSSR count). The molecule has 1 nitrogen and oxygen atoms in total. The highest BCUT2D eigenvalue weighted by atomic mass is 127. The molecule has 0 unspecified atom stereocenters. The lowest BCUT2D eigenvalue weighted by Crippen LogP contribution is -2.14. The Morgan fingerprint density at radius 2 is 2.17 bits per heavy atom. The first kappa shape index (κ1) is 9.85. The van der Waals surface area contributed by atoms with E-state index in [0.29, 0.717) is 0 Å². The van der Waals surface area contributed by atoms with Gasteiger partial charge in [0.2, 0.25) is 0 Å². The molecule has 0 aliphatic heterocycles. The monoisotopic (exact) mass is 283 g/mol. The Labute approximate surface area is 83.1 Å². The van der Waals surface area contributed by atoms with E-state index in [-0.39, 0.29) is 5.56 Å². The molecule has 0 spiro atoms. The zero-order valence-corrected chi connectivity index (χ0v) is 8.39. The van der Waals surface area contributed by atoms with E-state index in [0.717, 1.165) is 3.57 Å².